The van der Waals surface area contributed by atoms with Gasteiger partial charge in [-0.15, -0.1) is 0 Å². The van der Waals surface area contributed by atoms with Crippen LogP contribution in [0.25, 0.3) is 0 Å². The van der Waals surface area contributed by atoms with Crippen LogP contribution in [0.1, 0.15) is 51.5 Å². The lowest BCUT2D eigenvalue weighted by molar-refractivity contribution is -0.131. The molecule has 1 aliphatic carbocycles. The van der Waals surface area contributed by atoms with E-state index in [-0.39, 0.29) is 5.91 Å². The molecule has 1 saturated carbocycles. The standard InChI is InChI=1S/C19H22N2OS/c1-15(22)21-19(2,17-12-4-3-5-13-17)23-18(20-21)14-8-11-16-9-6-7-10-16/h3-5,12-13,16H,6-7,9-11H2,1-2H3. The van der Waals surface area contributed by atoms with Crippen molar-refractivity contribution >= 4 is 22.7 Å². The summed E-state index contributed by atoms with van der Waals surface area (Å²) < 4.78 is 0. The number of carbonyl (C=O) groups is 1. The molecule has 1 heterocycles. The molecule has 23 heavy (non-hydrogen) atoms. The summed E-state index contributed by atoms with van der Waals surface area (Å²) in [6, 6.07) is 10.0. The maximum absolute atomic E-state index is 12.0. The van der Waals surface area contributed by atoms with Gasteiger partial charge in [-0.2, -0.15) is 5.10 Å². The first-order chi connectivity index (χ1) is 11.1. The SMILES string of the molecule is CC(=O)N1N=C(C#CCC2CCCC2)SC1(C)c1ccccc1. The summed E-state index contributed by atoms with van der Waals surface area (Å²) in [4.78, 5) is 11.5. The van der Waals surface area contributed by atoms with E-state index in [1.165, 1.54) is 25.7 Å². The molecule has 1 aromatic carbocycles. The average molecular weight is 326 g/mol. The van der Waals surface area contributed by atoms with Crippen molar-refractivity contribution in [3.63, 3.8) is 0 Å². The Morgan fingerprint density at radius 3 is 2.70 bits per heavy atom. The number of hydrazone groups is 1. The smallest absolute Gasteiger partial charge is 0.241 e. The van der Waals surface area contributed by atoms with Gasteiger partial charge in [-0.1, -0.05) is 60.9 Å². The van der Waals surface area contributed by atoms with Crippen LogP contribution >= 0.6 is 11.8 Å². The number of carbonyl (C=O) groups excluding carboxylic acids is 1. The topological polar surface area (TPSA) is 32.7 Å². The summed E-state index contributed by atoms with van der Waals surface area (Å²) in [5.41, 5.74) is 1.07. The van der Waals surface area contributed by atoms with Crippen molar-refractivity contribution in [2.24, 2.45) is 11.0 Å². The molecule has 3 nitrogen and oxygen atoms in total. The number of hydrogen-bond acceptors (Lipinski definition) is 3. The van der Waals surface area contributed by atoms with Crippen molar-refractivity contribution in [3.05, 3.63) is 35.9 Å². The van der Waals surface area contributed by atoms with E-state index in [4.69, 9.17) is 0 Å². The zero-order valence-electron chi connectivity index (χ0n) is 13.7. The molecule has 1 aromatic rings. The molecule has 1 unspecified atom stereocenters. The van der Waals surface area contributed by atoms with Crippen LogP contribution in [0.15, 0.2) is 35.4 Å². The summed E-state index contributed by atoms with van der Waals surface area (Å²) >= 11 is 1.57. The van der Waals surface area contributed by atoms with Crippen molar-refractivity contribution in [1.82, 2.24) is 5.01 Å². The van der Waals surface area contributed by atoms with Gasteiger partial charge in [0.2, 0.25) is 5.91 Å². The quantitative estimate of drug-likeness (QED) is 0.757. The Morgan fingerprint density at radius 2 is 2.04 bits per heavy atom. The molecule has 1 atom stereocenters. The van der Waals surface area contributed by atoms with Gasteiger partial charge < -0.3 is 0 Å². The van der Waals surface area contributed by atoms with Crippen molar-refractivity contribution in [3.8, 4) is 11.8 Å². The lowest BCUT2D eigenvalue weighted by Gasteiger charge is -2.31. The van der Waals surface area contributed by atoms with Gasteiger partial charge >= 0.3 is 0 Å². The summed E-state index contributed by atoms with van der Waals surface area (Å²) in [5, 5.41) is 6.77. The fourth-order valence-corrected chi connectivity index (χ4v) is 4.41. The molecule has 1 amide bonds. The molecule has 0 bridgehead atoms. The third kappa shape index (κ3) is 3.45. The highest BCUT2D eigenvalue weighted by Crippen LogP contribution is 2.45. The Balaban J connectivity index is 1.77. The number of nitrogens with zero attached hydrogens (tertiary/aromatic N) is 2. The molecule has 3 rings (SSSR count). The van der Waals surface area contributed by atoms with Crippen LogP contribution in [0.5, 0.6) is 0 Å². The van der Waals surface area contributed by atoms with E-state index in [0.717, 1.165) is 22.9 Å². The third-order valence-corrected chi connectivity index (χ3v) is 5.74. The number of hydrogen-bond donors (Lipinski definition) is 0. The summed E-state index contributed by atoms with van der Waals surface area (Å²) in [6.45, 7) is 3.59. The van der Waals surface area contributed by atoms with Crippen molar-refractivity contribution in [2.75, 3.05) is 0 Å². The zero-order valence-corrected chi connectivity index (χ0v) is 14.5. The minimum Gasteiger partial charge on any atom is -0.273 e. The van der Waals surface area contributed by atoms with Gasteiger partial charge in [-0.3, -0.25) is 4.79 Å². The van der Waals surface area contributed by atoms with Crippen LogP contribution in [0, 0.1) is 17.8 Å². The van der Waals surface area contributed by atoms with Gasteiger partial charge in [0, 0.05) is 13.3 Å². The minimum atomic E-state index is -0.509. The number of thioether (sulfide) groups is 1. The highest BCUT2D eigenvalue weighted by Gasteiger charge is 2.43. The van der Waals surface area contributed by atoms with Crippen LogP contribution in [-0.4, -0.2) is 16.0 Å². The molecule has 0 spiro atoms. The van der Waals surface area contributed by atoms with E-state index < -0.39 is 4.87 Å². The Bertz CT molecular complexity index is 668. The fourth-order valence-electron chi connectivity index (χ4n) is 3.27. The normalized spacial score (nSPS) is 24.3. The van der Waals surface area contributed by atoms with Crippen LogP contribution in [0.3, 0.4) is 0 Å². The summed E-state index contributed by atoms with van der Waals surface area (Å²) in [7, 11) is 0. The molecular weight excluding hydrogens is 304 g/mol. The monoisotopic (exact) mass is 326 g/mol. The first-order valence-electron chi connectivity index (χ1n) is 8.22. The second kappa shape index (κ2) is 6.80. The summed E-state index contributed by atoms with van der Waals surface area (Å²) in [5.74, 6) is 7.16. The van der Waals surface area contributed by atoms with Gasteiger partial charge in [-0.05, 0) is 37.2 Å². The fraction of sp³-hybridized carbons (Fsp3) is 0.474. The van der Waals surface area contributed by atoms with Crippen LogP contribution < -0.4 is 0 Å². The van der Waals surface area contributed by atoms with Gasteiger partial charge in [0.15, 0.2) is 5.04 Å². The Labute approximate surface area is 142 Å². The largest absolute Gasteiger partial charge is 0.273 e. The molecule has 0 N–H and O–H groups in total. The molecule has 2 aliphatic rings. The Hall–Kier alpha value is -1.73. The van der Waals surface area contributed by atoms with Gasteiger partial charge in [0.05, 0.1) is 0 Å². The minimum absolute atomic E-state index is 0.0588. The molecule has 1 fully saturated rings. The second-order valence-electron chi connectivity index (χ2n) is 6.34. The van der Waals surface area contributed by atoms with E-state index in [0.29, 0.717) is 0 Å². The molecular formula is C19H22N2OS. The second-order valence-corrected chi connectivity index (χ2v) is 7.73. The van der Waals surface area contributed by atoms with Gasteiger partial charge in [0.1, 0.15) is 4.87 Å². The van der Waals surface area contributed by atoms with E-state index >= 15 is 0 Å². The molecule has 0 saturated heterocycles. The number of amides is 1. The zero-order chi connectivity index (χ0) is 16.3. The van der Waals surface area contributed by atoms with Crippen molar-refractivity contribution < 1.29 is 4.79 Å². The highest BCUT2D eigenvalue weighted by atomic mass is 32.2. The first kappa shape index (κ1) is 16.1. The van der Waals surface area contributed by atoms with E-state index in [1.54, 1.807) is 23.7 Å². The van der Waals surface area contributed by atoms with Gasteiger partial charge in [-0.25, -0.2) is 5.01 Å². The predicted octanol–water partition coefficient (Wildman–Crippen LogP) is 4.35. The number of rotatable bonds is 2. The predicted molar refractivity (Wildman–Crippen MR) is 95.7 cm³/mol. The Kier molecular flexibility index (Phi) is 4.77. The Morgan fingerprint density at radius 1 is 1.35 bits per heavy atom. The van der Waals surface area contributed by atoms with Crippen LogP contribution in [-0.2, 0) is 9.67 Å². The number of benzene rings is 1. The van der Waals surface area contributed by atoms with Gasteiger partial charge in [0.25, 0.3) is 0 Å². The molecule has 0 aromatic heterocycles. The van der Waals surface area contributed by atoms with E-state index in [1.807, 2.05) is 37.3 Å². The maximum atomic E-state index is 12.0. The lowest BCUT2D eigenvalue weighted by atomic mass is 10.1. The lowest BCUT2D eigenvalue weighted by Crippen LogP contribution is -2.37. The summed E-state index contributed by atoms with van der Waals surface area (Å²) in [6.07, 6.45) is 6.23. The first-order valence-corrected chi connectivity index (χ1v) is 9.04. The highest BCUT2D eigenvalue weighted by molar-refractivity contribution is 8.15. The van der Waals surface area contributed by atoms with E-state index in [9.17, 15) is 4.79 Å². The third-order valence-electron chi connectivity index (χ3n) is 4.56. The maximum Gasteiger partial charge on any atom is 0.241 e. The van der Waals surface area contributed by atoms with Crippen LogP contribution in [0.2, 0.25) is 0 Å². The molecule has 120 valence electrons. The molecule has 1 aliphatic heterocycles. The van der Waals surface area contributed by atoms with Crippen molar-refractivity contribution in [1.29, 1.82) is 0 Å². The molecule has 4 heteroatoms. The molecule has 0 radical (unpaired) electrons. The average Bonchev–Trinajstić information content (AvgIpc) is 3.17. The van der Waals surface area contributed by atoms with Crippen LogP contribution in [0.4, 0.5) is 0 Å². The van der Waals surface area contributed by atoms with Crippen molar-refractivity contribution in [2.45, 2.75) is 50.8 Å². The van der Waals surface area contributed by atoms with E-state index in [2.05, 4.69) is 16.9 Å².